The van der Waals surface area contributed by atoms with Crippen molar-refractivity contribution >= 4 is 21.5 Å². The Labute approximate surface area is 156 Å². The van der Waals surface area contributed by atoms with E-state index in [1.807, 2.05) is 0 Å². The monoisotopic (exact) mass is 380 g/mol. The first kappa shape index (κ1) is 21.5. The quantitative estimate of drug-likeness (QED) is 0.361. The van der Waals surface area contributed by atoms with Crippen LogP contribution in [0.5, 0.6) is 0 Å². The zero-order chi connectivity index (χ0) is 13.9. The Bertz CT molecular complexity index is 705. The summed E-state index contributed by atoms with van der Waals surface area (Å²) in [5.41, 5.74) is 2.70. The van der Waals surface area contributed by atoms with E-state index < -0.39 is 0 Å². The summed E-state index contributed by atoms with van der Waals surface area (Å²) in [6.07, 6.45) is 0. The van der Waals surface area contributed by atoms with Crippen LogP contribution >= 0.6 is 0 Å². The van der Waals surface area contributed by atoms with Crippen LogP contribution in [-0.2, 0) is 37.2 Å². The van der Waals surface area contributed by atoms with Crippen molar-refractivity contribution in [1.82, 2.24) is 0 Å². The molecule has 3 heteroatoms. The summed E-state index contributed by atoms with van der Waals surface area (Å²) in [6.45, 7) is 4.25. The van der Waals surface area contributed by atoms with Gasteiger partial charge in [0.05, 0.1) is 0 Å². The number of hydrogen-bond donors (Lipinski definition) is 0. The van der Waals surface area contributed by atoms with Crippen LogP contribution in [0.2, 0.25) is 0 Å². The van der Waals surface area contributed by atoms with Crippen LogP contribution in [0.15, 0.2) is 72.8 Å². The van der Waals surface area contributed by atoms with Crippen molar-refractivity contribution in [2.45, 2.75) is 13.8 Å². The molecule has 4 rings (SSSR count). The third-order valence-electron chi connectivity index (χ3n) is 3.52. The molecule has 0 unspecified atom stereocenters. The molecule has 0 saturated carbocycles. The van der Waals surface area contributed by atoms with Gasteiger partial charge in [-0.25, -0.2) is 0 Å². The molecule has 0 fully saturated rings. The van der Waals surface area contributed by atoms with Gasteiger partial charge < -0.3 is 11.0 Å². The molecule has 0 spiro atoms. The molecular weight excluding hydrogens is 363 g/mol. The fraction of sp³-hybridized carbons (Fsp3) is 0.100. The van der Waals surface area contributed by atoms with E-state index >= 15 is 0 Å². The second-order valence-corrected chi connectivity index (χ2v) is 5.32. The predicted octanol–water partition coefficient (Wildman–Crippen LogP) is 5.49. The smallest absolute Gasteiger partial charge is 2.00 e. The van der Waals surface area contributed by atoms with Gasteiger partial charge in [-0.2, -0.15) is 12.1 Å². The van der Waals surface area contributed by atoms with E-state index in [1.54, 1.807) is 0 Å². The largest absolute Gasteiger partial charge is 4.00 e. The van der Waals surface area contributed by atoms with Crippen LogP contribution in [0, 0.1) is 13.8 Å². The molecule has 0 radical (unpaired) electrons. The molecule has 0 aliphatic rings. The SMILES string of the molecule is Cc1cc2ccccc2[cH-]1.Cc1cc2ccccc2[cH-]1.[O-2].[O-2].[Zr+4]. The van der Waals surface area contributed by atoms with Gasteiger partial charge in [0.15, 0.2) is 0 Å². The van der Waals surface area contributed by atoms with E-state index in [-0.39, 0.29) is 37.2 Å². The first-order valence-corrected chi connectivity index (χ1v) is 6.96. The van der Waals surface area contributed by atoms with Crippen molar-refractivity contribution in [2.75, 3.05) is 0 Å². The van der Waals surface area contributed by atoms with Crippen molar-refractivity contribution in [2.24, 2.45) is 0 Å². The minimum atomic E-state index is 0. The van der Waals surface area contributed by atoms with Gasteiger partial charge in [0.1, 0.15) is 0 Å². The predicted molar refractivity (Wildman–Crippen MR) is 89.9 cm³/mol. The third-order valence-corrected chi connectivity index (χ3v) is 3.52. The van der Waals surface area contributed by atoms with E-state index in [1.165, 1.54) is 32.7 Å². The van der Waals surface area contributed by atoms with Crippen LogP contribution in [0.1, 0.15) is 11.1 Å². The number of aryl methyl sites for hydroxylation is 2. The van der Waals surface area contributed by atoms with Crippen LogP contribution in [0.25, 0.3) is 21.5 Å². The fourth-order valence-electron chi connectivity index (χ4n) is 2.61. The van der Waals surface area contributed by atoms with Crippen LogP contribution in [0.3, 0.4) is 0 Å². The summed E-state index contributed by atoms with van der Waals surface area (Å²) in [5.74, 6) is 0. The summed E-state index contributed by atoms with van der Waals surface area (Å²) in [6, 6.07) is 25.7. The molecule has 0 bridgehead atoms. The summed E-state index contributed by atoms with van der Waals surface area (Å²) >= 11 is 0. The fourth-order valence-corrected chi connectivity index (χ4v) is 2.61. The van der Waals surface area contributed by atoms with E-state index in [0.717, 1.165) is 0 Å². The number of rotatable bonds is 0. The second kappa shape index (κ2) is 9.57. The summed E-state index contributed by atoms with van der Waals surface area (Å²) in [5, 5.41) is 5.39. The molecule has 2 nitrogen and oxygen atoms in total. The van der Waals surface area contributed by atoms with Crippen LogP contribution < -0.4 is 0 Å². The Balaban J connectivity index is 0.000000372. The molecule has 0 aromatic heterocycles. The van der Waals surface area contributed by atoms with E-state index in [4.69, 9.17) is 0 Å². The maximum Gasteiger partial charge on any atom is 4.00 e. The van der Waals surface area contributed by atoms with Gasteiger partial charge in [-0.3, -0.25) is 0 Å². The van der Waals surface area contributed by atoms with E-state index in [9.17, 15) is 0 Å². The van der Waals surface area contributed by atoms with E-state index in [2.05, 4.69) is 86.6 Å². The van der Waals surface area contributed by atoms with Crippen molar-refractivity contribution in [3.8, 4) is 0 Å². The van der Waals surface area contributed by atoms with Crippen molar-refractivity contribution < 1.29 is 37.2 Å². The summed E-state index contributed by atoms with van der Waals surface area (Å²) in [4.78, 5) is 0. The standard InChI is InChI=1S/2C10H9.2O.Zr/c2*1-8-6-9-4-2-3-5-10(9)7-8;;;/h2*2-7H,1H3;;;/q2*-1;2*-2;+4. The zero-order valence-electron chi connectivity index (χ0n) is 13.2. The molecule has 23 heavy (non-hydrogen) atoms. The number of benzene rings is 2. The summed E-state index contributed by atoms with van der Waals surface area (Å²) < 4.78 is 0. The van der Waals surface area contributed by atoms with E-state index in [0.29, 0.717) is 0 Å². The van der Waals surface area contributed by atoms with Gasteiger partial charge >= 0.3 is 26.2 Å². The molecule has 116 valence electrons. The maximum atomic E-state index is 2.20. The molecule has 0 atom stereocenters. The first-order chi connectivity index (χ1) is 9.72. The number of hydrogen-bond acceptors (Lipinski definition) is 0. The van der Waals surface area contributed by atoms with Crippen LogP contribution in [-0.4, -0.2) is 0 Å². The normalized spacial score (nSPS) is 9.13. The first-order valence-electron chi connectivity index (χ1n) is 6.96. The minimum absolute atomic E-state index is 0. The van der Waals surface area contributed by atoms with Gasteiger partial charge in [-0.1, -0.05) is 26.0 Å². The third kappa shape index (κ3) is 5.25. The molecule has 0 aliphatic carbocycles. The Morgan fingerprint density at radius 2 is 0.957 bits per heavy atom. The van der Waals surface area contributed by atoms with Gasteiger partial charge in [0, 0.05) is 0 Å². The molecular formula is C20H18O2Zr-2. The molecule has 0 aliphatic heterocycles. The van der Waals surface area contributed by atoms with Crippen molar-refractivity contribution in [1.29, 1.82) is 0 Å². The maximum absolute atomic E-state index is 2.20. The van der Waals surface area contributed by atoms with Crippen LogP contribution in [0.4, 0.5) is 0 Å². The summed E-state index contributed by atoms with van der Waals surface area (Å²) in [7, 11) is 0. The second-order valence-electron chi connectivity index (χ2n) is 5.32. The Morgan fingerprint density at radius 1 is 0.609 bits per heavy atom. The number of fused-ring (bicyclic) bond motifs is 2. The van der Waals surface area contributed by atoms with Crippen molar-refractivity contribution in [3.05, 3.63) is 83.9 Å². The molecule has 0 heterocycles. The molecule has 0 amide bonds. The zero-order valence-corrected chi connectivity index (χ0v) is 15.7. The molecule has 4 aromatic carbocycles. The van der Waals surface area contributed by atoms with Gasteiger partial charge in [-0.15, -0.1) is 81.2 Å². The Kier molecular flexibility index (Phi) is 8.93. The molecule has 0 saturated heterocycles. The average Bonchev–Trinajstić information content (AvgIpc) is 2.99. The molecule has 0 N–H and O–H groups in total. The topological polar surface area (TPSA) is 57.0 Å². The van der Waals surface area contributed by atoms with Gasteiger partial charge in [-0.05, 0) is 0 Å². The minimum Gasteiger partial charge on any atom is -2.00 e. The average molecular weight is 382 g/mol. The Morgan fingerprint density at radius 3 is 1.30 bits per heavy atom. The van der Waals surface area contributed by atoms with Crippen molar-refractivity contribution in [3.63, 3.8) is 0 Å². The Hall–Kier alpha value is -1.54. The van der Waals surface area contributed by atoms with Gasteiger partial charge in [0.25, 0.3) is 0 Å². The molecule has 4 aromatic rings. The van der Waals surface area contributed by atoms with Gasteiger partial charge in [0.2, 0.25) is 0 Å².